The lowest BCUT2D eigenvalue weighted by atomic mass is 9.89. The Hall–Kier alpha value is -0.140. The summed E-state index contributed by atoms with van der Waals surface area (Å²) < 4.78 is 24.4. The number of halogens is 1. The number of nitrogens with zero attached hydrogens (tertiary/aromatic N) is 1. The van der Waals surface area contributed by atoms with Crippen LogP contribution < -0.4 is 5.32 Å². The third-order valence-electron chi connectivity index (χ3n) is 2.74. The fraction of sp³-hybridized carbons (Fsp3) is 0.875. The number of hydrogen-bond acceptors (Lipinski definition) is 3. The lowest BCUT2D eigenvalue weighted by molar-refractivity contribution is -0.128. The molecule has 1 unspecified atom stereocenters. The van der Waals surface area contributed by atoms with Crippen molar-refractivity contribution in [2.75, 3.05) is 24.8 Å². The number of sulfonamides is 1. The van der Waals surface area contributed by atoms with Crippen LogP contribution in [-0.2, 0) is 14.8 Å². The molecule has 1 N–H and O–H groups in total. The zero-order valence-corrected chi connectivity index (χ0v) is 11.2. The normalized spacial score (nSPS) is 27.9. The van der Waals surface area contributed by atoms with Gasteiger partial charge in [0.1, 0.15) is 4.66 Å². The fourth-order valence-corrected chi connectivity index (χ4v) is 3.57. The first-order chi connectivity index (χ1) is 6.85. The highest BCUT2D eigenvalue weighted by Gasteiger charge is 2.43. The summed E-state index contributed by atoms with van der Waals surface area (Å²) in [4.78, 5) is 11.6. The van der Waals surface area contributed by atoms with E-state index in [9.17, 15) is 13.2 Å². The fourth-order valence-electron chi connectivity index (χ4n) is 1.71. The van der Waals surface area contributed by atoms with E-state index in [1.54, 1.807) is 14.0 Å². The maximum Gasteiger partial charge on any atom is 0.227 e. The standard InChI is InChI=1S/C8H15BrN2O3S/c1-8(7(12)10-2)3-4-11(5-8)15(13,14)6-9/h3-6H2,1-2H3,(H,10,12). The molecule has 0 aromatic carbocycles. The first-order valence-corrected chi connectivity index (χ1v) is 7.35. The second kappa shape index (κ2) is 4.39. The second-order valence-electron chi connectivity index (χ2n) is 3.94. The second-order valence-corrected chi connectivity index (χ2v) is 7.22. The van der Waals surface area contributed by atoms with Gasteiger partial charge in [-0.3, -0.25) is 4.79 Å². The van der Waals surface area contributed by atoms with Crippen LogP contribution in [0.15, 0.2) is 0 Å². The number of carbonyl (C=O) groups excluding carboxylic acids is 1. The largest absolute Gasteiger partial charge is 0.359 e. The number of hydrogen-bond donors (Lipinski definition) is 1. The SMILES string of the molecule is CNC(=O)C1(C)CCN(S(=O)(=O)CBr)C1. The van der Waals surface area contributed by atoms with Crippen LogP contribution in [0.2, 0.25) is 0 Å². The highest BCUT2D eigenvalue weighted by molar-refractivity contribution is 9.10. The van der Waals surface area contributed by atoms with Gasteiger partial charge < -0.3 is 5.32 Å². The van der Waals surface area contributed by atoms with Gasteiger partial charge in [-0.2, -0.15) is 0 Å². The van der Waals surface area contributed by atoms with E-state index in [1.807, 2.05) is 0 Å². The van der Waals surface area contributed by atoms with Gasteiger partial charge in [0.2, 0.25) is 15.9 Å². The molecule has 5 nitrogen and oxygen atoms in total. The van der Waals surface area contributed by atoms with Crippen LogP contribution in [0.1, 0.15) is 13.3 Å². The highest BCUT2D eigenvalue weighted by atomic mass is 79.9. The predicted octanol–water partition coefficient (Wildman–Crippen LogP) is 0.127. The Morgan fingerprint density at radius 1 is 1.60 bits per heavy atom. The minimum Gasteiger partial charge on any atom is -0.359 e. The van der Waals surface area contributed by atoms with Gasteiger partial charge in [0, 0.05) is 20.1 Å². The summed E-state index contributed by atoms with van der Waals surface area (Å²) in [6.07, 6.45) is 0.568. The number of nitrogens with one attached hydrogen (secondary N) is 1. The Bertz CT molecular complexity index is 357. The Labute approximate surface area is 98.4 Å². The topological polar surface area (TPSA) is 66.5 Å². The lowest BCUT2D eigenvalue weighted by Gasteiger charge is -2.22. The maximum atomic E-state index is 11.6. The van der Waals surface area contributed by atoms with Gasteiger partial charge >= 0.3 is 0 Å². The summed E-state index contributed by atoms with van der Waals surface area (Å²) in [7, 11) is -1.68. The summed E-state index contributed by atoms with van der Waals surface area (Å²) in [6, 6.07) is 0. The first-order valence-electron chi connectivity index (χ1n) is 4.62. The molecule has 0 aromatic heterocycles. The summed E-state index contributed by atoms with van der Waals surface area (Å²) in [5.74, 6) is -0.102. The molecule has 7 heteroatoms. The van der Waals surface area contributed by atoms with Gasteiger partial charge in [-0.15, -0.1) is 0 Å². The Morgan fingerprint density at radius 2 is 2.20 bits per heavy atom. The molecule has 0 radical (unpaired) electrons. The summed E-state index contributed by atoms with van der Waals surface area (Å²) >= 11 is 2.94. The average molecular weight is 299 g/mol. The molecule has 1 heterocycles. The zero-order chi connectivity index (χ0) is 11.7. The van der Waals surface area contributed by atoms with Gasteiger partial charge in [0.15, 0.2) is 0 Å². The molecule has 1 amide bonds. The molecule has 88 valence electrons. The quantitative estimate of drug-likeness (QED) is 0.753. The van der Waals surface area contributed by atoms with Gasteiger partial charge in [-0.1, -0.05) is 15.9 Å². The van der Waals surface area contributed by atoms with Gasteiger partial charge in [-0.05, 0) is 13.3 Å². The van der Waals surface area contributed by atoms with Gasteiger partial charge in [-0.25, -0.2) is 12.7 Å². The Kier molecular flexibility index (Phi) is 3.78. The van der Waals surface area contributed by atoms with Crippen LogP contribution in [0.4, 0.5) is 0 Å². The van der Waals surface area contributed by atoms with E-state index in [0.29, 0.717) is 13.0 Å². The minimum absolute atomic E-state index is 0.0934. The summed E-state index contributed by atoms with van der Waals surface area (Å²) in [5.41, 5.74) is -0.593. The smallest absolute Gasteiger partial charge is 0.227 e. The molecule has 1 aliphatic heterocycles. The van der Waals surface area contributed by atoms with Crippen LogP contribution in [0, 0.1) is 5.41 Å². The van der Waals surface area contributed by atoms with Crippen molar-refractivity contribution in [2.45, 2.75) is 13.3 Å². The number of amides is 1. The molecule has 1 fully saturated rings. The summed E-state index contributed by atoms with van der Waals surface area (Å²) in [5, 5.41) is 2.57. The van der Waals surface area contributed by atoms with E-state index in [-0.39, 0.29) is 17.1 Å². The molecule has 1 rings (SSSR count). The van der Waals surface area contributed by atoms with E-state index in [1.165, 1.54) is 4.31 Å². The molecule has 0 bridgehead atoms. The van der Waals surface area contributed by atoms with Crippen LogP contribution in [-0.4, -0.2) is 43.4 Å². The predicted molar refractivity (Wildman–Crippen MR) is 61.1 cm³/mol. The van der Waals surface area contributed by atoms with Crippen molar-refractivity contribution in [1.29, 1.82) is 0 Å². The van der Waals surface area contributed by atoms with Gasteiger partial charge in [0.25, 0.3) is 0 Å². The van der Waals surface area contributed by atoms with Crippen molar-refractivity contribution in [3.8, 4) is 0 Å². The third kappa shape index (κ3) is 2.51. The van der Waals surface area contributed by atoms with E-state index in [4.69, 9.17) is 0 Å². The molecule has 0 saturated carbocycles. The molecule has 1 aliphatic rings. The molecule has 1 saturated heterocycles. The monoisotopic (exact) mass is 298 g/mol. The van der Waals surface area contributed by atoms with E-state index in [0.717, 1.165) is 0 Å². The molecule has 15 heavy (non-hydrogen) atoms. The van der Waals surface area contributed by atoms with E-state index in [2.05, 4.69) is 21.2 Å². The van der Waals surface area contributed by atoms with E-state index >= 15 is 0 Å². The first kappa shape index (κ1) is 12.9. The number of carbonyl (C=O) groups is 1. The molecular formula is C8H15BrN2O3S. The highest BCUT2D eigenvalue weighted by Crippen LogP contribution is 2.32. The maximum absolute atomic E-state index is 11.6. The van der Waals surface area contributed by atoms with Crippen molar-refractivity contribution >= 4 is 31.9 Å². The van der Waals surface area contributed by atoms with Crippen molar-refractivity contribution in [1.82, 2.24) is 9.62 Å². The third-order valence-corrected chi connectivity index (χ3v) is 5.85. The lowest BCUT2D eigenvalue weighted by Crippen LogP contribution is -2.40. The Morgan fingerprint density at radius 3 is 2.67 bits per heavy atom. The van der Waals surface area contributed by atoms with Crippen LogP contribution in [0.5, 0.6) is 0 Å². The van der Waals surface area contributed by atoms with Crippen molar-refractivity contribution in [3.05, 3.63) is 0 Å². The van der Waals surface area contributed by atoms with Crippen molar-refractivity contribution in [2.24, 2.45) is 5.41 Å². The van der Waals surface area contributed by atoms with Crippen LogP contribution >= 0.6 is 15.9 Å². The van der Waals surface area contributed by atoms with Crippen molar-refractivity contribution in [3.63, 3.8) is 0 Å². The molecule has 1 atom stereocenters. The van der Waals surface area contributed by atoms with Crippen LogP contribution in [0.3, 0.4) is 0 Å². The average Bonchev–Trinajstić information content (AvgIpc) is 2.61. The zero-order valence-electron chi connectivity index (χ0n) is 8.79. The van der Waals surface area contributed by atoms with Crippen LogP contribution in [0.25, 0.3) is 0 Å². The number of rotatable bonds is 3. The summed E-state index contributed by atoms with van der Waals surface area (Å²) in [6.45, 7) is 2.47. The molecular weight excluding hydrogens is 284 g/mol. The number of alkyl halides is 1. The Balaban J connectivity index is 2.80. The molecule has 0 aromatic rings. The minimum atomic E-state index is -3.24. The van der Waals surface area contributed by atoms with E-state index < -0.39 is 15.4 Å². The molecule has 0 spiro atoms. The van der Waals surface area contributed by atoms with Crippen molar-refractivity contribution < 1.29 is 13.2 Å². The molecule has 0 aliphatic carbocycles. The van der Waals surface area contributed by atoms with Gasteiger partial charge in [0.05, 0.1) is 5.41 Å².